The number of methoxy groups -OCH3 is 2. The van der Waals surface area contributed by atoms with Crippen molar-refractivity contribution in [2.75, 3.05) is 92.4 Å². The van der Waals surface area contributed by atoms with Gasteiger partial charge >= 0.3 is 11.9 Å². The van der Waals surface area contributed by atoms with E-state index in [2.05, 4.69) is 25.1 Å². The lowest BCUT2D eigenvalue weighted by molar-refractivity contribution is 0.0250. The highest BCUT2D eigenvalue weighted by molar-refractivity contribution is 5.86. The summed E-state index contributed by atoms with van der Waals surface area (Å²) in [6.45, 7) is 10.4. The molecule has 0 aliphatic rings. The molecule has 0 unspecified atom stereocenters. The van der Waals surface area contributed by atoms with Crippen molar-refractivity contribution in [3.05, 3.63) is 53.1 Å². The number of pyridine rings is 2. The van der Waals surface area contributed by atoms with Crippen LogP contribution in [-0.4, -0.2) is 129 Å². The van der Waals surface area contributed by atoms with Crippen LogP contribution >= 0.6 is 0 Å². The van der Waals surface area contributed by atoms with E-state index in [0.717, 1.165) is 0 Å². The van der Waals surface area contributed by atoms with Crippen LogP contribution in [0.5, 0.6) is 0 Å². The van der Waals surface area contributed by atoms with Gasteiger partial charge in [-0.2, -0.15) is 0 Å². The van der Waals surface area contributed by atoms with Gasteiger partial charge in [-0.05, 0) is 24.3 Å². The number of rotatable bonds is 22. The third-order valence-electron chi connectivity index (χ3n) is 5.88. The van der Waals surface area contributed by atoms with E-state index in [1.54, 1.807) is 33.4 Å². The Morgan fingerprint density at radius 3 is 1.74 bits per heavy atom. The van der Waals surface area contributed by atoms with Crippen LogP contribution in [0.4, 0.5) is 5.69 Å². The van der Waals surface area contributed by atoms with Gasteiger partial charge in [-0.15, -0.1) is 0 Å². The van der Waals surface area contributed by atoms with Crippen LogP contribution in [0.1, 0.15) is 46.2 Å². The molecular weight excluding hydrogens is 546 g/mol. The SMILES string of the molecule is CC.CNc1cc(CN(CCOC)CCOCCOCCN(CCOC)Cc2cccc(C(=O)O)n2)nc(C(=O)O)c1. The van der Waals surface area contributed by atoms with Gasteiger partial charge in [0, 0.05) is 66.2 Å². The first-order chi connectivity index (χ1) is 20.4. The average molecular weight is 594 g/mol. The first-order valence-corrected chi connectivity index (χ1v) is 14.1. The fraction of sp³-hybridized carbons (Fsp3) is 0.586. The Morgan fingerprint density at radius 2 is 1.24 bits per heavy atom. The summed E-state index contributed by atoms with van der Waals surface area (Å²) in [6, 6.07) is 8.29. The molecule has 2 aromatic heterocycles. The number of ether oxygens (including phenoxy) is 4. The lowest BCUT2D eigenvalue weighted by Gasteiger charge is -2.22. The van der Waals surface area contributed by atoms with Gasteiger partial charge in [-0.25, -0.2) is 19.6 Å². The van der Waals surface area contributed by atoms with Crippen LogP contribution < -0.4 is 5.32 Å². The number of anilines is 1. The molecule has 0 aromatic carbocycles. The molecule has 3 N–H and O–H groups in total. The number of nitrogens with one attached hydrogen (secondary N) is 1. The topological polar surface area (TPSA) is 156 Å². The van der Waals surface area contributed by atoms with E-state index in [0.29, 0.717) is 96.0 Å². The third-order valence-corrected chi connectivity index (χ3v) is 5.88. The van der Waals surface area contributed by atoms with Crippen molar-refractivity contribution in [3.8, 4) is 0 Å². The highest BCUT2D eigenvalue weighted by Crippen LogP contribution is 2.13. The van der Waals surface area contributed by atoms with Crippen LogP contribution in [0.3, 0.4) is 0 Å². The summed E-state index contributed by atoms with van der Waals surface area (Å²) in [5, 5.41) is 21.5. The number of aromatic nitrogens is 2. The summed E-state index contributed by atoms with van der Waals surface area (Å²) in [6.07, 6.45) is 0. The summed E-state index contributed by atoms with van der Waals surface area (Å²) in [7, 11) is 5.00. The van der Waals surface area contributed by atoms with Gasteiger partial charge in [0.1, 0.15) is 5.69 Å². The number of carboxylic acid groups (broad SMARTS) is 2. The molecule has 0 amide bonds. The minimum Gasteiger partial charge on any atom is -0.477 e. The zero-order valence-corrected chi connectivity index (χ0v) is 25.5. The molecule has 0 saturated heterocycles. The molecule has 2 heterocycles. The lowest BCUT2D eigenvalue weighted by Crippen LogP contribution is -2.32. The number of hydrogen-bond acceptors (Lipinski definition) is 11. The van der Waals surface area contributed by atoms with Crippen molar-refractivity contribution >= 4 is 17.6 Å². The van der Waals surface area contributed by atoms with E-state index < -0.39 is 11.9 Å². The van der Waals surface area contributed by atoms with E-state index in [1.807, 2.05) is 19.9 Å². The standard InChI is InChI=1S/C27H41N5O8.C2H6/c1-28-22-17-23(30-25(18-22)27(35)36)20-32(8-12-38-3)10-14-40-16-15-39-13-9-31(7-11-37-2)19-21-5-4-6-24(29-21)26(33)34;1-2/h4-6,17-18H,7-16,19-20H2,1-3H3,(H,28,30)(H,33,34)(H,35,36);1-2H3. The van der Waals surface area contributed by atoms with Crippen molar-refractivity contribution < 1.29 is 38.7 Å². The Morgan fingerprint density at radius 1 is 0.738 bits per heavy atom. The van der Waals surface area contributed by atoms with E-state index in [9.17, 15) is 14.7 Å². The molecule has 236 valence electrons. The number of hydrogen-bond donors (Lipinski definition) is 3. The first-order valence-electron chi connectivity index (χ1n) is 14.1. The lowest BCUT2D eigenvalue weighted by atomic mass is 10.2. The Hall–Kier alpha value is -3.20. The molecule has 42 heavy (non-hydrogen) atoms. The molecule has 0 atom stereocenters. The molecule has 2 aromatic rings. The zero-order chi connectivity index (χ0) is 31.2. The van der Waals surface area contributed by atoms with Crippen molar-refractivity contribution in [1.82, 2.24) is 19.8 Å². The minimum atomic E-state index is -1.07. The normalized spacial score (nSPS) is 10.9. The number of carboxylic acids is 2. The summed E-state index contributed by atoms with van der Waals surface area (Å²) in [5.41, 5.74) is 2.02. The molecule has 0 spiro atoms. The van der Waals surface area contributed by atoms with Crippen LogP contribution in [0.2, 0.25) is 0 Å². The van der Waals surface area contributed by atoms with E-state index in [1.165, 1.54) is 12.1 Å². The van der Waals surface area contributed by atoms with Gasteiger partial charge in [0.05, 0.1) is 51.0 Å². The summed E-state index contributed by atoms with van der Waals surface area (Å²) in [4.78, 5) is 35.2. The second-order valence-corrected chi connectivity index (χ2v) is 8.87. The molecule has 0 radical (unpaired) electrons. The largest absolute Gasteiger partial charge is 0.477 e. The molecular formula is C29H47N5O8. The van der Waals surface area contributed by atoms with Crippen LogP contribution in [0.15, 0.2) is 30.3 Å². The number of nitrogens with zero attached hydrogens (tertiary/aromatic N) is 4. The third kappa shape index (κ3) is 15.1. The maximum absolute atomic E-state index is 11.4. The molecule has 13 nitrogen and oxygen atoms in total. The second kappa shape index (κ2) is 22.4. The Balaban J connectivity index is 0.00000431. The van der Waals surface area contributed by atoms with E-state index in [-0.39, 0.29) is 11.4 Å². The second-order valence-electron chi connectivity index (χ2n) is 8.87. The molecule has 0 aliphatic carbocycles. The fourth-order valence-electron chi connectivity index (χ4n) is 3.76. The van der Waals surface area contributed by atoms with Crippen LogP contribution in [0, 0.1) is 0 Å². The molecule has 2 rings (SSSR count). The van der Waals surface area contributed by atoms with E-state index in [4.69, 9.17) is 24.1 Å². The molecule has 0 bridgehead atoms. The summed E-state index contributed by atoms with van der Waals surface area (Å²) < 4.78 is 21.9. The monoisotopic (exact) mass is 593 g/mol. The summed E-state index contributed by atoms with van der Waals surface area (Å²) in [5.74, 6) is -2.13. The number of aromatic carboxylic acids is 2. The quantitative estimate of drug-likeness (QED) is 0.171. The summed E-state index contributed by atoms with van der Waals surface area (Å²) >= 11 is 0. The van der Waals surface area contributed by atoms with Crippen LogP contribution in [-0.2, 0) is 32.0 Å². The Labute approximate surface area is 248 Å². The maximum Gasteiger partial charge on any atom is 0.354 e. The fourth-order valence-corrected chi connectivity index (χ4v) is 3.76. The van der Waals surface area contributed by atoms with Gasteiger partial charge in [0.2, 0.25) is 0 Å². The zero-order valence-electron chi connectivity index (χ0n) is 25.5. The van der Waals surface area contributed by atoms with Crippen molar-refractivity contribution in [2.45, 2.75) is 26.9 Å². The maximum atomic E-state index is 11.4. The first kappa shape index (κ1) is 36.8. The van der Waals surface area contributed by atoms with Gasteiger partial charge < -0.3 is 34.5 Å². The smallest absolute Gasteiger partial charge is 0.354 e. The molecule has 0 aliphatic heterocycles. The van der Waals surface area contributed by atoms with Gasteiger partial charge in [0.15, 0.2) is 5.69 Å². The Kier molecular flexibility index (Phi) is 19.6. The Bertz CT molecular complexity index is 1040. The van der Waals surface area contributed by atoms with Crippen molar-refractivity contribution in [3.63, 3.8) is 0 Å². The van der Waals surface area contributed by atoms with Gasteiger partial charge in [-0.1, -0.05) is 19.9 Å². The predicted molar refractivity (Wildman–Crippen MR) is 159 cm³/mol. The van der Waals surface area contributed by atoms with E-state index >= 15 is 0 Å². The van der Waals surface area contributed by atoms with Gasteiger partial charge in [0.25, 0.3) is 0 Å². The molecule has 0 fully saturated rings. The molecule has 13 heteroatoms. The van der Waals surface area contributed by atoms with Crippen LogP contribution in [0.25, 0.3) is 0 Å². The number of carbonyl (C=O) groups is 2. The highest BCUT2D eigenvalue weighted by atomic mass is 16.5. The van der Waals surface area contributed by atoms with Crippen molar-refractivity contribution in [1.29, 1.82) is 0 Å². The van der Waals surface area contributed by atoms with Crippen molar-refractivity contribution in [2.24, 2.45) is 0 Å². The minimum absolute atomic E-state index is 0.00670. The average Bonchev–Trinajstić information content (AvgIpc) is 3.00. The molecule has 0 saturated carbocycles. The highest BCUT2D eigenvalue weighted by Gasteiger charge is 2.13. The predicted octanol–water partition coefficient (Wildman–Crippen LogP) is 2.57. The van der Waals surface area contributed by atoms with Gasteiger partial charge in [-0.3, -0.25) is 9.80 Å².